The maximum atomic E-state index is 12.9. The van der Waals surface area contributed by atoms with E-state index in [-0.39, 0.29) is 35.6 Å². The number of piperidine rings is 1. The van der Waals surface area contributed by atoms with Crippen LogP contribution < -0.4 is 14.8 Å². The molecule has 0 bridgehead atoms. The Bertz CT molecular complexity index is 1540. The topological polar surface area (TPSA) is 122 Å². The molecule has 0 unspecified atom stereocenters. The predicted octanol–water partition coefficient (Wildman–Crippen LogP) is 4.75. The van der Waals surface area contributed by atoms with Crippen LogP contribution in [0.3, 0.4) is 0 Å². The minimum absolute atomic E-state index is 0.0355. The molecule has 3 aromatic rings. The molecule has 0 aliphatic carbocycles. The molecule has 0 radical (unpaired) electrons. The third-order valence-corrected chi connectivity index (χ3v) is 10.3. The molecule has 39 heavy (non-hydrogen) atoms. The quantitative estimate of drug-likeness (QED) is 0.350. The SMILES string of the molecule is COc1ccc(C)cc1NS(=O)(=O)c1ccc(NC(=O)C2CCN(S(=O)(=O)Cc3ccc(Br)cc3)CC2)cc1. The summed E-state index contributed by atoms with van der Waals surface area (Å²) in [4.78, 5) is 12.9. The number of aryl methyl sites for hydroxylation is 1. The number of sulfonamides is 2. The van der Waals surface area contributed by atoms with Crippen LogP contribution in [0.4, 0.5) is 11.4 Å². The van der Waals surface area contributed by atoms with Crippen LogP contribution in [0.1, 0.15) is 24.0 Å². The number of carbonyl (C=O) groups excluding carboxylic acids is 1. The van der Waals surface area contributed by atoms with Gasteiger partial charge in [0.1, 0.15) is 5.75 Å². The van der Waals surface area contributed by atoms with Gasteiger partial charge < -0.3 is 10.1 Å². The number of benzene rings is 3. The Kier molecular flexibility index (Phi) is 9.00. The van der Waals surface area contributed by atoms with Crippen molar-refractivity contribution in [3.8, 4) is 5.75 Å². The fourth-order valence-corrected chi connectivity index (χ4v) is 7.23. The van der Waals surface area contributed by atoms with Crippen molar-refractivity contribution in [2.45, 2.75) is 30.4 Å². The van der Waals surface area contributed by atoms with Crippen molar-refractivity contribution in [1.82, 2.24) is 4.31 Å². The predicted molar refractivity (Wildman–Crippen MR) is 155 cm³/mol. The second-order valence-corrected chi connectivity index (χ2v) is 13.9. The number of rotatable bonds is 9. The molecule has 3 aromatic carbocycles. The van der Waals surface area contributed by atoms with Gasteiger partial charge in [0.15, 0.2) is 0 Å². The van der Waals surface area contributed by atoms with E-state index < -0.39 is 20.0 Å². The minimum atomic E-state index is -3.88. The first-order valence-electron chi connectivity index (χ1n) is 12.3. The lowest BCUT2D eigenvalue weighted by atomic mass is 9.97. The van der Waals surface area contributed by atoms with Crippen LogP contribution in [0.2, 0.25) is 0 Å². The number of nitrogens with one attached hydrogen (secondary N) is 2. The Morgan fingerprint density at radius 3 is 2.23 bits per heavy atom. The Hall–Kier alpha value is -2.93. The Balaban J connectivity index is 1.33. The molecule has 0 saturated carbocycles. The van der Waals surface area contributed by atoms with Crippen LogP contribution >= 0.6 is 15.9 Å². The molecular formula is C27H30BrN3O6S2. The monoisotopic (exact) mass is 635 g/mol. The van der Waals surface area contributed by atoms with Crippen LogP contribution in [-0.4, -0.2) is 47.2 Å². The van der Waals surface area contributed by atoms with Gasteiger partial charge in [-0.05, 0) is 79.4 Å². The van der Waals surface area contributed by atoms with Crippen LogP contribution in [0, 0.1) is 12.8 Å². The summed E-state index contributed by atoms with van der Waals surface area (Å²) in [5.74, 6) is -0.251. The second kappa shape index (κ2) is 12.1. The number of hydrogen-bond donors (Lipinski definition) is 2. The summed E-state index contributed by atoms with van der Waals surface area (Å²) in [7, 11) is -5.91. The maximum Gasteiger partial charge on any atom is 0.262 e. The fourth-order valence-electron chi connectivity index (χ4n) is 4.35. The van der Waals surface area contributed by atoms with Gasteiger partial charge in [0.2, 0.25) is 15.9 Å². The van der Waals surface area contributed by atoms with Crippen LogP contribution in [0.15, 0.2) is 76.1 Å². The van der Waals surface area contributed by atoms with Crippen molar-refractivity contribution in [3.63, 3.8) is 0 Å². The molecule has 1 aliphatic heterocycles. The van der Waals surface area contributed by atoms with E-state index in [1.165, 1.54) is 35.7 Å². The molecule has 0 aromatic heterocycles. The molecule has 2 N–H and O–H groups in total. The van der Waals surface area contributed by atoms with E-state index in [1.807, 2.05) is 13.0 Å². The van der Waals surface area contributed by atoms with E-state index in [2.05, 4.69) is 26.0 Å². The van der Waals surface area contributed by atoms with E-state index in [4.69, 9.17) is 4.74 Å². The van der Waals surface area contributed by atoms with Crippen molar-refractivity contribution >= 4 is 53.3 Å². The largest absolute Gasteiger partial charge is 0.495 e. The van der Waals surface area contributed by atoms with Gasteiger partial charge in [0, 0.05) is 29.2 Å². The Morgan fingerprint density at radius 1 is 0.974 bits per heavy atom. The molecule has 208 valence electrons. The average molecular weight is 637 g/mol. The van der Waals surface area contributed by atoms with Crippen molar-refractivity contribution in [2.24, 2.45) is 5.92 Å². The van der Waals surface area contributed by atoms with Gasteiger partial charge in [-0.2, -0.15) is 0 Å². The second-order valence-electron chi connectivity index (χ2n) is 9.38. The summed E-state index contributed by atoms with van der Waals surface area (Å²) in [6.07, 6.45) is 0.806. The minimum Gasteiger partial charge on any atom is -0.495 e. The first-order chi connectivity index (χ1) is 18.5. The van der Waals surface area contributed by atoms with Gasteiger partial charge in [-0.15, -0.1) is 0 Å². The van der Waals surface area contributed by atoms with E-state index in [9.17, 15) is 21.6 Å². The number of halogens is 1. The molecule has 4 rings (SSSR count). The molecule has 9 nitrogen and oxygen atoms in total. The van der Waals surface area contributed by atoms with Crippen LogP contribution in [0.25, 0.3) is 0 Å². The van der Waals surface area contributed by atoms with Crippen molar-refractivity contribution in [2.75, 3.05) is 30.2 Å². The zero-order valence-corrected chi connectivity index (χ0v) is 24.8. The Labute approximate surface area is 237 Å². The van der Waals surface area contributed by atoms with E-state index in [0.29, 0.717) is 35.5 Å². The standard InChI is InChI=1S/C27H30BrN3O6S2/c1-19-3-12-26(37-2)25(17-19)30-39(35,36)24-10-8-23(9-11-24)29-27(32)21-13-15-31(16-14-21)38(33,34)18-20-4-6-22(28)7-5-20/h3-12,17,21,30H,13-16,18H2,1-2H3,(H,29,32). The average Bonchev–Trinajstić information content (AvgIpc) is 2.90. The molecular weight excluding hydrogens is 606 g/mol. The van der Waals surface area contributed by atoms with Crippen molar-refractivity contribution in [3.05, 3.63) is 82.3 Å². The summed E-state index contributed by atoms with van der Waals surface area (Å²) in [6, 6.07) is 18.2. The van der Waals surface area contributed by atoms with Crippen LogP contribution in [0.5, 0.6) is 5.75 Å². The number of amides is 1. The molecule has 12 heteroatoms. The molecule has 1 saturated heterocycles. The first kappa shape index (κ1) is 29.1. The number of methoxy groups -OCH3 is 1. The van der Waals surface area contributed by atoms with Gasteiger partial charge >= 0.3 is 0 Å². The van der Waals surface area contributed by atoms with E-state index in [0.717, 1.165) is 10.0 Å². The van der Waals surface area contributed by atoms with E-state index in [1.54, 1.807) is 36.4 Å². The number of anilines is 2. The van der Waals surface area contributed by atoms with Gasteiger partial charge in [-0.25, -0.2) is 21.1 Å². The smallest absolute Gasteiger partial charge is 0.262 e. The zero-order valence-electron chi connectivity index (χ0n) is 21.6. The first-order valence-corrected chi connectivity index (χ1v) is 16.2. The summed E-state index contributed by atoms with van der Waals surface area (Å²) in [5, 5.41) is 2.82. The number of nitrogens with zero attached hydrogens (tertiary/aromatic N) is 1. The van der Waals surface area contributed by atoms with Crippen LogP contribution in [-0.2, 0) is 30.6 Å². The molecule has 1 amide bonds. The lowest BCUT2D eigenvalue weighted by Gasteiger charge is -2.30. The fraction of sp³-hybridized carbons (Fsp3) is 0.296. The summed E-state index contributed by atoms with van der Waals surface area (Å²) >= 11 is 3.35. The van der Waals surface area contributed by atoms with E-state index >= 15 is 0 Å². The summed E-state index contributed by atoms with van der Waals surface area (Å²) in [6.45, 7) is 2.38. The zero-order chi connectivity index (χ0) is 28.2. The maximum absolute atomic E-state index is 12.9. The molecule has 1 aliphatic rings. The highest BCUT2D eigenvalue weighted by Gasteiger charge is 2.31. The normalized spacial score (nSPS) is 15.1. The summed E-state index contributed by atoms with van der Waals surface area (Å²) < 4.78 is 61.6. The molecule has 1 fully saturated rings. The number of carbonyl (C=O) groups is 1. The van der Waals surface area contributed by atoms with Gasteiger partial charge in [-0.1, -0.05) is 34.1 Å². The van der Waals surface area contributed by atoms with Gasteiger partial charge in [0.05, 0.1) is 23.4 Å². The lowest BCUT2D eigenvalue weighted by molar-refractivity contribution is -0.120. The molecule has 1 heterocycles. The molecule has 0 spiro atoms. The Morgan fingerprint density at radius 2 is 1.62 bits per heavy atom. The van der Waals surface area contributed by atoms with Gasteiger partial charge in [-0.3, -0.25) is 9.52 Å². The highest BCUT2D eigenvalue weighted by atomic mass is 79.9. The molecule has 0 atom stereocenters. The highest BCUT2D eigenvalue weighted by molar-refractivity contribution is 9.10. The lowest BCUT2D eigenvalue weighted by Crippen LogP contribution is -2.41. The highest BCUT2D eigenvalue weighted by Crippen LogP contribution is 2.29. The third-order valence-electron chi connectivity index (χ3n) is 6.51. The number of ether oxygens (including phenoxy) is 1. The third kappa shape index (κ3) is 7.38. The van der Waals surface area contributed by atoms with Crippen molar-refractivity contribution < 1.29 is 26.4 Å². The van der Waals surface area contributed by atoms with Crippen molar-refractivity contribution in [1.29, 1.82) is 0 Å². The van der Waals surface area contributed by atoms with Gasteiger partial charge in [0.25, 0.3) is 10.0 Å². The summed E-state index contributed by atoms with van der Waals surface area (Å²) in [5.41, 5.74) is 2.37. The number of hydrogen-bond acceptors (Lipinski definition) is 6.